The molecule has 3 heterocycles. The Bertz CT molecular complexity index is 608. The Balaban J connectivity index is 1.64. The molecule has 6 nitrogen and oxygen atoms in total. The first-order valence-electron chi connectivity index (χ1n) is 11.1. The van der Waals surface area contributed by atoms with E-state index in [0.717, 1.165) is 57.5 Å². The summed E-state index contributed by atoms with van der Waals surface area (Å²) in [6.45, 7) is 10.8. The van der Waals surface area contributed by atoms with Crippen molar-refractivity contribution < 1.29 is 9.84 Å². The molecular formula is C22H38N4O2S. The Hall–Kier alpha value is -1.15. The Morgan fingerprint density at radius 3 is 2.86 bits per heavy atom. The Morgan fingerprint density at radius 2 is 2.24 bits per heavy atom. The third-order valence-corrected chi connectivity index (χ3v) is 7.31. The largest absolute Gasteiger partial charge is 0.396 e. The first-order valence-corrected chi connectivity index (χ1v) is 12.0. The minimum Gasteiger partial charge on any atom is -0.396 e. The number of ether oxygens (including phenoxy) is 1. The normalized spacial score (nSPS) is 25.3. The topological polar surface area (TPSA) is 69.1 Å². The molecule has 2 aliphatic heterocycles. The lowest BCUT2D eigenvalue weighted by molar-refractivity contribution is 0.131. The average Bonchev–Trinajstić information content (AvgIpc) is 3.41. The zero-order valence-corrected chi connectivity index (χ0v) is 18.8. The number of hydrogen-bond acceptors (Lipinski definition) is 5. The first-order chi connectivity index (χ1) is 14.2. The molecule has 0 spiro atoms. The monoisotopic (exact) mass is 422 g/mol. The predicted octanol–water partition coefficient (Wildman–Crippen LogP) is 2.87. The second-order valence-corrected chi connectivity index (χ2v) is 9.58. The molecule has 2 atom stereocenters. The average molecular weight is 423 g/mol. The number of thiophene rings is 1. The molecule has 0 aliphatic carbocycles. The van der Waals surface area contributed by atoms with Gasteiger partial charge in [-0.25, -0.2) is 0 Å². The quantitative estimate of drug-likeness (QED) is 0.422. The smallest absolute Gasteiger partial charge is 0.191 e. The summed E-state index contributed by atoms with van der Waals surface area (Å²) in [4.78, 5) is 8.93. The minimum atomic E-state index is -0.0206. The number of aliphatic hydroxyl groups excluding tert-OH is 1. The zero-order chi connectivity index (χ0) is 20.5. The zero-order valence-electron chi connectivity index (χ0n) is 18.0. The summed E-state index contributed by atoms with van der Waals surface area (Å²) in [6.07, 6.45) is 4.28. The van der Waals surface area contributed by atoms with Crippen molar-refractivity contribution in [1.29, 1.82) is 0 Å². The van der Waals surface area contributed by atoms with Crippen LogP contribution in [0.3, 0.4) is 0 Å². The lowest BCUT2D eigenvalue weighted by Crippen LogP contribution is -2.45. The van der Waals surface area contributed by atoms with Crippen LogP contribution in [0.1, 0.15) is 50.4 Å². The van der Waals surface area contributed by atoms with Gasteiger partial charge in [0.25, 0.3) is 0 Å². The molecular weight excluding hydrogens is 384 g/mol. The van der Waals surface area contributed by atoms with E-state index in [1.54, 1.807) is 0 Å². The number of rotatable bonds is 9. The van der Waals surface area contributed by atoms with E-state index in [4.69, 9.17) is 9.73 Å². The van der Waals surface area contributed by atoms with E-state index in [1.165, 1.54) is 17.7 Å². The standard InChI is InChI=1S/C22H38N4O2S/c1-3-23-21(25-16-22(8-12-27)9-13-28-17-22)24-15-19(20-5-4-14-29-20)26-10-6-18(2)7-11-26/h4-5,14,18-19,27H,3,6-13,15-17H2,1-2H3,(H2,23,24,25). The van der Waals surface area contributed by atoms with Gasteiger partial charge in [-0.3, -0.25) is 9.89 Å². The number of nitrogens with zero attached hydrogens (tertiary/aromatic N) is 2. The van der Waals surface area contributed by atoms with Gasteiger partial charge in [0, 0.05) is 36.6 Å². The fraction of sp³-hybridized carbons (Fsp3) is 0.773. The molecule has 3 N–H and O–H groups in total. The molecule has 7 heteroatoms. The van der Waals surface area contributed by atoms with Crippen LogP contribution in [-0.4, -0.2) is 68.5 Å². The molecule has 0 radical (unpaired) electrons. The molecule has 1 aromatic rings. The van der Waals surface area contributed by atoms with Gasteiger partial charge in [0.05, 0.1) is 19.2 Å². The van der Waals surface area contributed by atoms with Crippen molar-refractivity contribution in [1.82, 2.24) is 15.5 Å². The summed E-state index contributed by atoms with van der Waals surface area (Å²) in [5.41, 5.74) is -0.0206. The van der Waals surface area contributed by atoms with Crippen molar-refractivity contribution >= 4 is 17.3 Å². The molecule has 164 valence electrons. The van der Waals surface area contributed by atoms with E-state index in [-0.39, 0.29) is 12.0 Å². The number of aliphatic imine (C=N–C) groups is 1. The van der Waals surface area contributed by atoms with Gasteiger partial charge in [0.15, 0.2) is 5.96 Å². The van der Waals surface area contributed by atoms with Crippen LogP contribution in [0, 0.1) is 11.3 Å². The van der Waals surface area contributed by atoms with Crippen LogP contribution in [0.5, 0.6) is 0 Å². The Morgan fingerprint density at radius 1 is 1.41 bits per heavy atom. The molecule has 0 aromatic carbocycles. The van der Waals surface area contributed by atoms with Crippen molar-refractivity contribution in [2.24, 2.45) is 16.3 Å². The fourth-order valence-electron chi connectivity index (χ4n) is 4.30. The van der Waals surface area contributed by atoms with Gasteiger partial charge in [-0.05, 0) is 63.1 Å². The lowest BCUT2D eigenvalue weighted by atomic mass is 9.84. The molecule has 29 heavy (non-hydrogen) atoms. The van der Waals surface area contributed by atoms with E-state index < -0.39 is 0 Å². The van der Waals surface area contributed by atoms with Crippen LogP contribution in [0.4, 0.5) is 0 Å². The van der Waals surface area contributed by atoms with E-state index in [2.05, 4.69) is 46.9 Å². The molecule has 3 rings (SSSR count). The van der Waals surface area contributed by atoms with Crippen molar-refractivity contribution in [3.8, 4) is 0 Å². The van der Waals surface area contributed by atoms with Gasteiger partial charge in [0.1, 0.15) is 0 Å². The van der Waals surface area contributed by atoms with Crippen LogP contribution >= 0.6 is 11.3 Å². The Kier molecular flexibility index (Phi) is 8.78. The second kappa shape index (κ2) is 11.3. The maximum atomic E-state index is 9.47. The summed E-state index contributed by atoms with van der Waals surface area (Å²) in [7, 11) is 0. The first kappa shape index (κ1) is 22.5. The molecule has 0 saturated carbocycles. The molecule has 1 aromatic heterocycles. The number of guanidine groups is 1. The summed E-state index contributed by atoms with van der Waals surface area (Å²) in [6, 6.07) is 4.79. The Labute approximate surface area is 179 Å². The van der Waals surface area contributed by atoms with Crippen LogP contribution in [0.25, 0.3) is 0 Å². The van der Waals surface area contributed by atoms with Gasteiger partial charge in [-0.2, -0.15) is 0 Å². The highest BCUT2D eigenvalue weighted by molar-refractivity contribution is 7.10. The van der Waals surface area contributed by atoms with Gasteiger partial charge in [-0.15, -0.1) is 11.3 Å². The van der Waals surface area contributed by atoms with Crippen molar-refractivity contribution in [2.75, 3.05) is 52.5 Å². The van der Waals surface area contributed by atoms with E-state index in [0.29, 0.717) is 19.2 Å². The number of aliphatic hydroxyl groups is 1. The highest BCUT2D eigenvalue weighted by Crippen LogP contribution is 2.32. The highest BCUT2D eigenvalue weighted by atomic mass is 32.1. The number of hydrogen-bond donors (Lipinski definition) is 3. The molecule has 2 unspecified atom stereocenters. The van der Waals surface area contributed by atoms with Gasteiger partial charge in [0.2, 0.25) is 0 Å². The van der Waals surface area contributed by atoms with Gasteiger partial charge in [-0.1, -0.05) is 13.0 Å². The summed E-state index contributed by atoms with van der Waals surface area (Å²) >= 11 is 1.84. The lowest BCUT2D eigenvalue weighted by Gasteiger charge is -2.36. The number of nitrogens with one attached hydrogen (secondary N) is 2. The summed E-state index contributed by atoms with van der Waals surface area (Å²) in [5, 5.41) is 18.6. The molecule has 0 bridgehead atoms. The van der Waals surface area contributed by atoms with E-state index in [9.17, 15) is 5.11 Å². The minimum absolute atomic E-state index is 0.0206. The third-order valence-electron chi connectivity index (χ3n) is 6.34. The van der Waals surface area contributed by atoms with Crippen molar-refractivity contribution in [2.45, 2.75) is 45.6 Å². The van der Waals surface area contributed by atoms with Gasteiger partial charge >= 0.3 is 0 Å². The summed E-state index contributed by atoms with van der Waals surface area (Å²) < 4.78 is 5.61. The maximum Gasteiger partial charge on any atom is 0.191 e. The van der Waals surface area contributed by atoms with Crippen LogP contribution in [0.15, 0.2) is 22.5 Å². The van der Waals surface area contributed by atoms with Crippen LogP contribution < -0.4 is 10.6 Å². The molecule has 2 fully saturated rings. The van der Waals surface area contributed by atoms with Crippen molar-refractivity contribution in [3.05, 3.63) is 22.4 Å². The summed E-state index contributed by atoms with van der Waals surface area (Å²) in [5.74, 6) is 1.70. The molecule has 2 aliphatic rings. The third kappa shape index (κ3) is 6.41. The van der Waals surface area contributed by atoms with Crippen molar-refractivity contribution in [3.63, 3.8) is 0 Å². The number of piperidine rings is 1. The van der Waals surface area contributed by atoms with Crippen LogP contribution in [-0.2, 0) is 4.74 Å². The number of likely N-dealkylation sites (tertiary alicyclic amines) is 1. The fourth-order valence-corrected chi connectivity index (χ4v) is 5.16. The second-order valence-electron chi connectivity index (χ2n) is 8.60. The molecule has 0 amide bonds. The van der Waals surface area contributed by atoms with E-state index >= 15 is 0 Å². The van der Waals surface area contributed by atoms with E-state index in [1.807, 2.05) is 11.3 Å². The molecule has 2 saturated heterocycles. The SMILES string of the molecule is CCNC(=NCC1(CCO)CCOC1)NCC(c1cccs1)N1CCC(C)CC1. The van der Waals surface area contributed by atoms with Gasteiger partial charge < -0.3 is 20.5 Å². The predicted molar refractivity (Wildman–Crippen MR) is 121 cm³/mol. The van der Waals surface area contributed by atoms with Crippen LogP contribution in [0.2, 0.25) is 0 Å². The maximum absolute atomic E-state index is 9.47. The highest BCUT2D eigenvalue weighted by Gasteiger charge is 2.34.